The molecule has 0 aliphatic carbocycles. The number of primary amides is 1. The molecule has 1 aromatic rings. The highest BCUT2D eigenvalue weighted by Crippen LogP contribution is 1.99. The zero-order chi connectivity index (χ0) is 13.5. The molecule has 0 aliphatic heterocycles. The highest BCUT2D eigenvalue weighted by Gasteiger charge is 2.14. The molecule has 1 heterocycles. The fourth-order valence-electron chi connectivity index (χ4n) is 1.10. The fraction of sp³-hybridized carbons (Fsp3) is 0.250. The second kappa shape index (κ2) is 6.37. The molecule has 0 fully saturated rings. The lowest BCUT2D eigenvalue weighted by Crippen LogP contribution is -2.42. The number of nitrogens with two attached hydrogens (primary N) is 2. The maximum absolute atomic E-state index is 11.6. The average molecular weight is 246 g/mol. The molecule has 6 nitrogen and oxygen atoms in total. The van der Waals surface area contributed by atoms with E-state index in [0.717, 1.165) is 0 Å². The van der Waals surface area contributed by atoms with Crippen molar-refractivity contribution in [2.24, 2.45) is 11.5 Å². The molecule has 1 aromatic heterocycles. The van der Waals surface area contributed by atoms with Gasteiger partial charge in [-0.2, -0.15) is 0 Å². The lowest BCUT2D eigenvalue weighted by Gasteiger charge is -2.09. The smallest absolute Gasteiger partial charge is 0.270 e. The number of nitrogens with one attached hydrogen (secondary N) is 1. The first kappa shape index (κ1) is 13.7. The lowest BCUT2D eigenvalue weighted by atomic mass is 10.2. The molecule has 1 rings (SSSR count). The number of hydrogen-bond acceptors (Lipinski definition) is 4. The van der Waals surface area contributed by atoms with Gasteiger partial charge in [-0.05, 0) is 19.1 Å². The van der Waals surface area contributed by atoms with Gasteiger partial charge in [-0.1, -0.05) is 11.8 Å². The third-order valence-corrected chi connectivity index (χ3v) is 2.11. The summed E-state index contributed by atoms with van der Waals surface area (Å²) < 4.78 is 0. The summed E-state index contributed by atoms with van der Waals surface area (Å²) in [6, 6.07) is 2.43. The Balaban J connectivity index is 2.73. The molecule has 0 aliphatic rings. The Morgan fingerprint density at radius 2 is 2.22 bits per heavy atom. The van der Waals surface area contributed by atoms with Crippen molar-refractivity contribution >= 4 is 11.8 Å². The Kier molecular flexibility index (Phi) is 4.84. The molecule has 1 atom stereocenters. The van der Waals surface area contributed by atoms with Gasteiger partial charge in [0.25, 0.3) is 5.91 Å². The van der Waals surface area contributed by atoms with Gasteiger partial charge in [0.1, 0.15) is 11.7 Å². The summed E-state index contributed by atoms with van der Waals surface area (Å²) in [7, 11) is 0. The summed E-state index contributed by atoms with van der Waals surface area (Å²) in [5.41, 5.74) is 11.1. The zero-order valence-corrected chi connectivity index (χ0v) is 9.93. The number of nitrogens with zero attached hydrogens (tertiary/aromatic N) is 1. The molecule has 0 saturated heterocycles. The molecule has 94 valence electrons. The Morgan fingerprint density at radius 1 is 1.50 bits per heavy atom. The van der Waals surface area contributed by atoms with Gasteiger partial charge in [-0.25, -0.2) is 4.98 Å². The Morgan fingerprint density at radius 3 is 2.72 bits per heavy atom. The van der Waals surface area contributed by atoms with Gasteiger partial charge in [0.2, 0.25) is 5.91 Å². The van der Waals surface area contributed by atoms with Crippen LogP contribution in [0, 0.1) is 11.8 Å². The standard InChI is InChI=1S/C12H14N4O2/c1-8(11(14)17)16-12(18)10-5-4-9(7-15-10)3-2-6-13/h4-5,7-8H,6,13H2,1H3,(H2,14,17)(H,16,18). The molecule has 1 unspecified atom stereocenters. The largest absolute Gasteiger partial charge is 0.368 e. The summed E-state index contributed by atoms with van der Waals surface area (Å²) in [6.07, 6.45) is 1.46. The summed E-state index contributed by atoms with van der Waals surface area (Å²) in [5.74, 6) is 4.40. The minimum absolute atomic E-state index is 0.196. The Bertz CT molecular complexity index is 499. The van der Waals surface area contributed by atoms with Gasteiger partial charge in [0, 0.05) is 11.8 Å². The Labute approximate surface area is 105 Å². The van der Waals surface area contributed by atoms with Crippen molar-refractivity contribution in [3.63, 3.8) is 0 Å². The van der Waals surface area contributed by atoms with Crippen molar-refractivity contribution in [2.75, 3.05) is 6.54 Å². The number of rotatable bonds is 3. The van der Waals surface area contributed by atoms with E-state index in [0.29, 0.717) is 5.56 Å². The number of hydrogen-bond donors (Lipinski definition) is 3. The molecular formula is C12H14N4O2. The minimum Gasteiger partial charge on any atom is -0.368 e. The second-order valence-corrected chi connectivity index (χ2v) is 3.54. The Hall–Kier alpha value is -2.39. The van der Waals surface area contributed by atoms with Crippen LogP contribution in [0.4, 0.5) is 0 Å². The second-order valence-electron chi connectivity index (χ2n) is 3.54. The molecule has 2 amide bonds. The molecule has 0 saturated carbocycles. The van der Waals surface area contributed by atoms with E-state index in [9.17, 15) is 9.59 Å². The van der Waals surface area contributed by atoms with Crippen LogP contribution < -0.4 is 16.8 Å². The lowest BCUT2D eigenvalue weighted by molar-refractivity contribution is -0.119. The molecule has 6 heteroatoms. The van der Waals surface area contributed by atoms with Crippen LogP contribution >= 0.6 is 0 Å². The zero-order valence-electron chi connectivity index (χ0n) is 9.93. The van der Waals surface area contributed by atoms with Gasteiger partial charge < -0.3 is 16.8 Å². The first-order valence-corrected chi connectivity index (χ1v) is 5.29. The predicted molar refractivity (Wildman–Crippen MR) is 66.3 cm³/mol. The van der Waals surface area contributed by atoms with Gasteiger partial charge in [-0.15, -0.1) is 0 Å². The van der Waals surface area contributed by atoms with E-state index >= 15 is 0 Å². The monoisotopic (exact) mass is 246 g/mol. The maximum atomic E-state index is 11.6. The van der Waals surface area contributed by atoms with Crippen molar-refractivity contribution in [3.8, 4) is 11.8 Å². The normalized spacial score (nSPS) is 11.0. The topological polar surface area (TPSA) is 111 Å². The van der Waals surface area contributed by atoms with E-state index in [1.165, 1.54) is 19.2 Å². The van der Waals surface area contributed by atoms with Crippen molar-refractivity contribution in [3.05, 3.63) is 29.6 Å². The fourth-order valence-corrected chi connectivity index (χ4v) is 1.10. The van der Waals surface area contributed by atoms with Crippen molar-refractivity contribution < 1.29 is 9.59 Å². The summed E-state index contributed by atoms with van der Waals surface area (Å²) in [6.45, 7) is 1.76. The summed E-state index contributed by atoms with van der Waals surface area (Å²) in [4.78, 5) is 26.4. The van der Waals surface area contributed by atoms with Crippen LogP contribution in [0.1, 0.15) is 23.0 Å². The van der Waals surface area contributed by atoms with Gasteiger partial charge in [-0.3, -0.25) is 9.59 Å². The molecule has 0 bridgehead atoms. The SMILES string of the molecule is CC(NC(=O)c1ccc(C#CCN)cn1)C(N)=O. The van der Waals surface area contributed by atoms with Crippen LogP contribution in [0.25, 0.3) is 0 Å². The van der Waals surface area contributed by atoms with Crippen LogP contribution in [0.5, 0.6) is 0 Å². The van der Waals surface area contributed by atoms with Gasteiger partial charge in [0.05, 0.1) is 6.54 Å². The van der Waals surface area contributed by atoms with Gasteiger partial charge in [0.15, 0.2) is 0 Å². The minimum atomic E-state index is -0.740. The van der Waals surface area contributed by atoms with E-state index in [-0.39, 0.29) is 12.2 Å². The number of amides is 2. The van der Waals surface area contributed by atoms with Crippen LogP contribution in [-0.2, 0) is 4.79 Å². The number of pyridine rings is 1. The third-order valence-electron chi connectivity index (χ3n) is 2.11. The maximum Gasteiger partial charge on any atom is 0.270 e. The summed E-state index contributed by atoms with van der Waals surface area (Å²) in [5, 5.41) is 2.43. The van der Waals surface area contributed by atoms with Crippen LogP contribution in [0.15, 0.2) is 18.3 Å². The third kappa shape index (κ3) is 3.88. The molecule has 0 aromatic carbocycles. The molecular weight excluding hydrogens is 232 g/mol. The predicted octanol–water partition coefficient (Wildman–Crippen LogP) is -1.00. The first-order chi connectivity index (χ1) is 8.54. The van der Waals surface area contributed by atoms with Crippen molar-refractivity contribution in [1.29, 1.82) is 0 Å². The molecule has 5 N–H and O–H groups in total. The van der Waals surface area contributed by atoms with Crippen LogP contribution in [0.3, 0.4) is 0 Å². The van der Waals surface area contributed by atoms with E-state index in [4.69, 9.17) is 11.5 Å². The van der Waals surface area contributed by atoms with Crippen molar-refractivity contribution in [2.45, 2.75) is 13.0 Å². The van der Waals surface area contributed by atoms with Gasteiger partial charge >= 0.3 is 0 Å². The molecule has 0 radical (unpaired) electrons. The number of carbonyl (C=O) groups is 2. The molecule has 0 spiro atoms. The first-order valence-electron chi connectivity index (χ1n) is 5.29. The average Bonchev–Trinajstić information content (AvgIpc) is 2.36. The van der Waals surface area contributed by atoms with Crippen LogP contribution in [-0.4, -0.2) is 29.4 Å². The number of aromatic nitrogens is 1. The highest BCUT2D eigenvalue weighted by molar-refractivity contribution is 5.95. The van der Waals surface area contributed by atoms with E-state index in [2.05, 4.69) is 22.1 Å². The van der Waals surface area contributed by atoms with Crippen LogP contribution in [0.2, 0.25) is 0 Å². The van der Waals surface area contributed by atoms with E-state index in [1.807, 2.05) is 0 Å². The molecule has 18 heavy (non-hydrogen) atoms. The van der Waals surface area contributed by atoms with Crippen molar-refractivity contribution in [1.82, 2.24) is 10.3 Å². The highest BCUT2D eigenvalue weighted by atomic mass is 16.2. The van der Waals surface area contributed by atoms with E-state index in [1.54, 1.807) is 6.07 Å². The van der Waals surface area contributed by atoms with E-state index < -0.39 is 17.9 Å². The number of carbonyl (C=O) groups excluding carboxylic acids is 2. The quantitative estimate of drug-likeness (QED) is 0.594. The summed E-state index contributed by atoms with van der Waals surface area (Å²) >= 11 is 0.